The standard InChI is InChI=1S/C12H10BrN3O/c1-16-5-8-9(12(16)17)10(14)6-3-2-4-7(13)11(6)15-8/h2-4H,5H2,1H3,(H2,14,15). The van der Waals surface area contributed by atoms with Crippen LogP contribution in [-0.2, 0) is 6.54 Å². The molecule has 1 aromatic heterocycles. The lowest BCUT2D eigenvalue weighted by atomic mass is 10.1. The second-order valence-electron chi connectivity index (χ2n) is 4.14. The van der Waals surface area contributed by atoms with Gasteiger partial charge in [-0.05, 0) is 22.0 Å². The molecular weight excluding hydrogens is 282 g/mol. The van der Waals surface area contributed by atoms with Crippen molar-refractivity contribution in [1.82, 2.24) is 9.88 Å². The van der Waals surface area contributed by atoms with E-state index in [1.807, 2.05) is 18.2 Å². The summed E-state index contributed by atoms with van der Waals surface area (Å²) in [5.41, 5.74) is 8.74. The molecule has 3 rings (SSSR count). The number of para-hydroxylation sites is 1. The van der Waals surface area contributed by atoms with E-state index in [1.165, 1.54) is 0 Å². The average Bonchev–Trinajstić information content (AvgIpc) is 2.57. The Bertz CT molecular complexity index is 654. The molecule has 86 valence electrons. The highest BCUT2D eigenvalue weighted by molar-refractivity contribution is 9.10. The van der Waals surface area contributed by atoms with Crippen molar-refractivity contribution in [3.05, 3.63) is 33.9 Å². The van der Waals surface area contributed by atoms with Crippen LogP contribution in [0.5, 0.6) is 0 Å². The molecule has 1 amide bonds. The lowest BCUT2D eigenvalue weighted by Crippen LogP contribution is -2.18. The van der Waals surface area contributed by atoms with Crippen LogP contribution in [-0.4, -0.2) is 22.8 Å². The average molecular weight is 292 g/mol. The second-order valence-corrected chi connectivity index (χ2v) is 5.00. The summed E-state index contributed by atoms with van der Waals surface area (Å²) in [6.45, 7) is 0.523. The zero-order valence-corrected chi connectivity index (χ0v) is 10.8. The van der Waals surface area contributed by atoms with E-state index in [9.17, 15) is 4.79 Å². The number of aromatic nitrogens is 1. The second kappa shape index (κ2) is 3.43. The first-order valence-corrected chi connectivity index (χ1v) is 6.01. The van der Waals surface area contributed by atoms with Crippen molar-refractivity contribution in [2.24, 2.45) is 0 Å². The summed E-state index contributed by atoms with van der Waals surface area (Å²) in [7, 11) is 1.75. The van der Waals surface area contributed by atoms with Crippen molar-refractivity contribution < 1.29 is 4.79 Å². The number of anilines is 1. The van der Waals surface area contributed by atoms with Crippen LogP contribution in [0.15, 0.2) is 22.7 Å². The van der Waals surface area contributed by atoms with Gasteiger partial charge in [-0.15, -0.1) is 0 Å². The predicted molar refractivity (Wildman–Crippen MR) is 69.7 cm³/mol. The van der Waals surface area contributed by atoms with Crippen molar-refractivity contribution in [3.8, 4) is 0 Å². The Kier molecular flexibility index (Phi) is 2.13. The van der Waals surface area contributed by atoms with Crippen molar-refractivity contribution in [2.45, 2.75) is 6.54 Å². The van der Waals surface area contributed by atoms with E-state index >= 15 is 0 Å². The van der Waals surface area contributed by atoms with Gasteiger partial charge in [0.2, 0.25) is 0 Å². The number of fused-ring (bicyclic) bond motifs is 2. The lowest BCUT2D eigenvalue weighted by molar-refractivity contribution is 0.0817. The molecular formula is C12H10BrN3O. The van der Waals surface area contributed by atoms with Gasteiger partial charge >= 0.3 is 0 Å². The Morgan fingerprint density at radius 3 is 3.00 bits per heavy atom. The van der Waals surface area contributed by atoms with Crippen LogP contribution < -0.4 is 5.73 Å². The summed E-state index contributed by atoms with van der Waals surface area (Å²) in [4.78, 5) is 18.1. The fraction of sp³-hybridized carbons (Fsp3) is 0.167. The molecule has 5 heteroatoms. The van der Waals surface area contributed by atoms with Gasteiger partial charge in [-0.2, -0.15) is 0 Å². The third-order valence-electron chi connectivity index (χ3n) is 3.03. The Morgan fingerprint density at radius 1 is 1.47 bits per heavy atom. The van der Waals surface area contributed by atoms with E-state index in [1.54, 1.807) is 11.9 Å². The number of halogens is 1. The van der Waals surface area contributed by atoms with E-state index in [0.717, 1.165) is 21.1 Å². The van der Waals surface area contributed by atoms with Crippen molar-refractivity contribution in [3.63, 3.8) is 0 Å². The van der Waals surface area contributed by atoms with Crippen molar-refractivity contribution in [1.29, 1.82) is 0 Å². The van der Waals surface area contributed by atoms with Gasteiger partial charge in [0, 0.05) is 16.9 Å². The van der Waals surface area contributed by atoms with Gasteiger partial charge in [-0.25, -0.2) is 4.98 Å². The number of hydrogen-bond acceptors (Lipinski definition) is 3. The minimum absolute atomic E-state index is 0.0492. The molecule has 0 unspecified atom stereocenters. The molecule has 1 aliphatic rings. The molecule has 4 nitrogen and oxygen atoms in total. The number of benzene rings is 1. The monoisotopic (exact) mass is 291 g/mol. The molecule has 2 N–H and O–H groups in total. The maximum atomic E-state index is 11.9. The third kappa shape index (κ3) is 1.35. The highest BCUT2D eigenvalue weighted by atomic mass is 79.9. The molecule has 0 spiro atoms. The molecule has 2 aromatic rings. The smallest absolute Gasteiger partial charge is 0.258 e. The maximum Gasteiger partial charge on any atom is 0.258 e. The van der Waals surface area contributed by atoms with Crippen LogP contribution in [0, 0.1) is 0 Å². The first-order valence-electron chi connectivity index (χ1n) is 5.21. The summed E-state index contributed by atoms with van der Waals surface area (Å²) in [6, 6.07) is 5.69. The van der Waals surface area contributed by atoms with Crippen molar-refractivity contribution in [2.75, 3.05) is 12.8 Å². The number of hydrogen-bond donors (Lipinski definition) is 1. The van der Waals surface area contributed by atoms with Crippen LogP contribution in [0.25, 0.3) is 10.9 Å². The van der Waals surface area contributed by atoms with E-state index in [-0.39, 0.29) is 5.91 Å². The van der Waals surface area contributed by atoms with E-state index in [0.29, 0.717) is 17.8 Å². The number of amides is 1. The van der Waals surface area contributed by atoms with Gasteiger partial charge < -0.3 is 10.6 Å². The number of carbonyl (C=O) groups is 1. The topological polar surface area (TPSA) is 59.2 Å². The zero-order chi connectivity index (χ0) is 12.2. The van der Waals surface area contributed by atoms with Crippen LogP contribution in [0.1, 0.15) is 16.1 Å². The lowest BCUT2D eigenvalue weighted by Gasteiger charge is -2.07. The molecule has 0 saturated heterocycles. The normalized spacial score (nSPS) is 14.5. The first kappa shape index (κ1) is 10.5. The summed E-state index contributed by atoms with van der Waals surface area (Å²) < 4.78 is 0.895. The fourth-order valence-electron chi connectivity index (χ4n) is 2.17. The quantitative estimate of drug-likeness (QED) is 0.809. The minimum atomic E-state index is -0.0492. The molecule has 0 radical (unpaired) electrons. The molecule has 0 atom stereocenters. The molecule has 1 aliphatic heterocycles. The van der Waals surface area contributed by atoms with E-state index in [2.05, 4.69) is 20.9 Å². The zero-order valence-electron chi connectivity index (χ0n) is 9.20. The van der Waals surface area contributed by atoms with Crippen LogP contribution in [0.2, 0.25) is 0 Å². The number of nitrogens with zero attached hydrogens (tertiary/aromatic N) is 2. The molecule has 0 aliphatic carbocycles. The number of nitrogen functional groups attached to an aromatic ring is 1. The van der Waals surface area contributed by atoms with Gasteiger partial charge in [0.25, 0.3) is 5.91 Å². The molecule has 17 heavy (non-hydrogen) atoms. The molecule has 0 bridgehead atoms. The van der Waals surface area contributed by atoms with Crippen LogP contribution in [0.4, 0.5) is 5.69 Å². The Balaban J connectivity index is 2.43. The Morgan fingerprint density at radius 2 is 2.24 bits per heavy atom. The molecule has 0 saturated carbocycles. The Labute approximate surface area is 107 Å². The molecule has 2 heterocycles. The van der Waals surface area contributed by atoms with Crippen LogP contribution in [0.3, 0.4) is 0 Å². The highest BCUT2D eigenvalue weighted by Crippen LogP contribution is 2.34. The van der Waals surface area contributed by atoms with Gasteiger partial charge in [-0.1, -0.05) is 12.1 Å². The van der Waals surface area contributed by atoms with Crippen molar-refractivity contribution >= 4 is 38.4 Å². The maximum absolute atomic E-state index is 11.9. The fourth-order valence-corrected chi connectivity index (χ4v) is 2.62. The number of rotatable bonds is 0. The van der Waals surface area contributed by atoms with E-state index in [4.69, 9.17) is 5.73 Å². The van der Waals surface area contributed by atoms with Gasteiger partial charge in [-0.3, -0.25) is 4.79 Å². The van der Waals surface area contributed by atoms with E-state index < -0.39 is 0 Å². The minimum Gasteiger partial charge on any atom is -0.397 e. The number of pyridine rings is 1. The third-order valence-corrected chi connectivity index (χ3v) is 3.67. The number of carbonyl (C=O) groups excluding carboxylic acids is 1. The molecule has 1 aromatic carbocycles. The van der Waals surface area contributed by atoms with Gasteiger partial charge in [0.05, 0.1) is 29.0 Å². The van der Waals surface area contributed by atoms with Gasteiger partial charge in [0.1, 0.15) is 0 Å². The predicted octanol–water partition coefficient (Wildman–Crippen LogP) is 2.17. The first-order chi connectivity index (χ1) is 8.09. The highest BCUT2D eigenvalue weighted by Gasteiger charge is 2.29. The molecule has 0 fully saturated rings. The SMILES string of the molecule is CN1Cc2nc3c(Br)cccc3c(N)c2C1=O. The number of nitrogens with two attached hydrogens (primary N) is 1. The summed E-state index contributed by atoms with van der Waals surface area (Å²) in [5.74, 6) is -0.0492. The summed E-state index contributed by atoms with van der Waals surface area (Å²) in [5, 5.41) is 0.821. The van der Waals surface area contributed by atoms with Crippen LogP contribution >= 0.6 is 15.9 Å². The van der Waals surface area contributed by atoms with Gasteiger partial charge in [0.15, 0.2) is 0 Å². The largest absolute Gasteiger partial charge is 0.397 e. The Hall–Kier alpha value is -1.62. The summed E-state index contributed by atoms with van der Waals surface area (Å²) in [6.07, 6.45) is 0. The summed E-state index contributed by atoms with van der Waals surface area (Å²) >= 11 is 3.45.